The van der Waals surface area contributed by atoms with Crippen LogP contribution in [0, 0.1) is 5.92 Å². The number of fused-ring (bicyclic) bond motifs is 2. The van der Waals surface area contributed by atoms with Crippen LogP contribution in [0.15, 0.2) is 36.4 Å². The number of rotatable bonds is 10. The Hall–Kier alpha value is -3.30. The van der Waals surface area contributed by atoms with E-state index in [4.69, 9.17) is 0 Å². The summed E-state index contributed by atoms with van der Waals surface area (Å²) in [6.07, 6.45) is 0.416. The highest BCUT2D eigenvalue weighted by molar-refractivity contribution is 6.23. The molecule has 0 fully saturated rings. The van der Waals surface area contributed by atoms with Gasteiger partial charge in [0.05, 0.1) is 17.2 Å². The average Bonchev–Trinajstić information content (AvgIpc) is 3.01. The monoisotopic (exact) mass is 454 g/mol. The first kappa shape index (κ1) is 24.3. The Labute approximate surface area is 192 Å². The average molecular weight is 455 g/mol. The van der Waals surface area contributed by atoms with Crippen LogP contribution >= 0.6 is 0 Å². The van der Waals surface area contributed by atoms with Crippen molar-refractivity contribution in [3.63, 3.8) is 0 Å². The number of hydrazine groups is 1. The van der Waals surface area contributed by atoms with Gasteiger partial charge in [-0.3, -0.25) is 34.4 Å². The quantitative estimate of drug-likeness (QED) is 0.370. The first-order valence-corrected chi connectivity index (χ1v) is 11.0. The van der Waals surface area contributed by atoms with Gasteiger partial charge in [0.2, 0.25) is 0 Å². The van der Waals surface area contributed by atoms with Crippen LogP contribution in [-0.2, 0) is 9.59 Å². The Bertz CT molecular complexity index is 1030. The van der Waals surface area contributed by atoms with E-state index >= 15 is 0 Å². The number of nitrogens with one attached hydrogen (secondary N) is 2. The van der Waals surface area contributed by atoms with Crippen molar-refractivity contribution in [2.24, 2.45) is 5.92 Å². The summed E-state index contributed by atoms with van der Waals surface area (Å²) in [5.74, 6) is -2.16. The molecule has 176 valence electrons. The van der Waals surface area contributed by atoms with E-state index in [1.165, 1.54) is 5.01 Å². The molecule has 3 N–H and O–H groups in total. The Kier molecular flexibility index (Phi) is 7.45. The van der Waals surface area contributed by atoms with E-state index < -0.39 is 29.9 Å². The van der Waals surface area contributed by atoms with Gasteiger partial charge in [0.25, 0.3) is 17.7 Å². The molecule has 33 heavy (non-hydrogen) atoms. The second kappa shape index (κ2) is 10.1. The molecule has 0 aromatic heterocycles. The molecule has 2 aromatic rings. The van der Waals surface area contributed by atoms with Crippen LogP contribution < -0.4 is 10.7 Å². The molecule has 1 heterocycles. The van der Waals surface area contributed by atoms with Crippen molar-refractivity contribution in [3.05, 3.63) is 47.5 Å². The molecule has 1 aliphatic heterocycles. The van der Waals surface area contributed by atoms with Crippen molar-refractivity contribution >= 4 is 34.5 Å². The van der Waals surface area contributed by atoms with Crippen LogP contribution in [0.3, 0.4) is 0 Å². The summed E-state index contributed by atoms with van der Waals surface area (Å²) in [6.45, 7) is 3.82. The first-order chi connectivity index (χ1) is 15.6. The lowest BCUT2D eigenvalue weighted by molar-refractivity contribution is -0.141. The molecule has 0 saturated carbocycles. The standard InChI is InChI=1S/C24H30N4O5/c1-14(2)11-20(23(31)27(4)25-3)26-19(24(32)33)9-10-28-21(29)17-12-15-7-5-6-8-16(15)13-18(17)22(28)30/h5-8,12-14,19-20,25-26H,9-11H2,1-4H3,(H,32,33)/t19-,20+/m1/s1. The van der Waals surface area contributed by atoms with Gasteiger partial charge < -0.3 is 5.11 Å². The molecule has 3 amide bonds. The number of imide groups is 1. The number of amides is 3. The number of likely N-dealkylation sites (N-methyl/N-ethyl adjacent to an activating group) is 1. The van der Waals surface area contributed by atoms with E-state index in [9.17, 15) is 24.3 Å². The second-order valence-corrected chi connectivity index (χ2v) is 8.66. The molecule has 9 nitrogen and oxygen atoms in total. The summed E-state index contributed by atoms with van der Waals surface area (Å²) in [4.78, 5) is 51.5. The van der Waals surface area contributed by atoms with Crippen LogP contribution in [0.2, 0.25) is 0 Å². The lowest BCUT2D eigenvalue weighted by Crippen LogP contribution is -2.54. The third-order valence-electron chi connectivity index (χ3n) is 5.85. The van der Waals surface area contributed by atoms with Crippen LogP contribution in [-0.4, -0.2) is 71.4 Å². The van der Waals surface area contributed by atoms with Gasteiger partial charge in [0, 0.05) is 20.6 Å². The van der Waals surface area contributed by atoms with Crippen molar-refractivity contribution in [1.29, 1.82) is 0 Å². The minimum absolute atomic E-state index is 0.0224. The van der Waals surface area contributed by atoms with Gasteiger partial charge in [0.15, 0.2) is 0 Å². The minimum atomic E-state index is -1.15. The zero-order chi connectivity index (χ0) is 24.3. The zero-order valence-corrected chi connectivity index (χ0v) is 19.3. The summed E-state index contributed by atoms with van der Waals surface area (Å²) < 4.78 is 0. The van der Waals surface area contributed by atoms with E-state index in [0.717, 1.165) is 15.7 Å². The zero-order valence-electron chi connectivity index (χ0n) is 19.3. The minimum Gasteiger partial charge on any atom is -0.480 e. The van der Waals surface area contributed by atoms with E-state index in [0.29, 0.717) is 17.5 Å². The van der Waals surface area contributed by atoms with E-state index in [1.807, 2.05) is 38.1 Å². The number of hydrogen-bond donors (Lipinski definition) is 3. The third kappa shape index (κ3) is 5.20. The van der Waals surface area contributed by atoms with Crippen LogP contribution in [0.25, 0.3) is 10.8 Å². The highest BCUT2D eigenvalue weighted by atomic mass is 16.4. The van der Waals surface area contributed by atoms with Gasteiger partial charge in [-0.05, 0) is 41.7 Å². The van der Waals surface area contributed by atoms with Gasteiger partial charge in [0.1, 0.15) is 6.04 Å². The fraction of sp³-hybridized carbons (Fsp3) is 0.417. The van der Waals surface area contributed by atoms with Crippen LogP contribution in [0.5, 0.6) is 0 Å². The Balaban J connectivity index is 1.75. The third-order valence-corrected chi connectivity index (χ3v) is 5.85. The summed E-state index contributed by atoms with van der Waals surface area (Å²) in [5, 5.41) is 15.7. The van der Waals surface area contributed by atoms with Crippen LogP contribution in [0.1, 0.15) is 47.4 Å². The molecule has 0 unspecified atom stereocenters. The van der Waals surface area contributed by atoms with Crippen molar-refractivity contribution < 1.29 is 24.3 Å². The maximum Gasteiger partial charge on any atom is 0.320 e. The molecule has 1 aliphatic rings. The fourth-order valence-electron chi connectivity index (χ4n) is 4.01. The number of benzene rings is 2. The highest BCUT2D eigenvalue weighted by Crippen LogP contribution is 2.28. The lowest BCUT2D eigenvalue weighted by Gasteiger charge is -2.28. The molecular formula is C24H30N4O5. The number of hydrogen-bond acceptors (Lipinski definition) is 6. The molecule has 0 aliphatic carbocycles. The number of aliphatic carboxylic acids is 1. The summed E-state index contributed by atoms with van der Waals surface area (Å²) >= 11 is 0. The number of carbonyl (C=O) groups excluding carboxylic acids is 3. The Morgan fingerprint density at radius 3 is 2.03 bits per heavy atom. The van der Waals surface area contributed by atoms with Crippen molar-refractivity contribution in [1.82, 2.24) is 20.7 Å². The maximum absolute atomic E-state index is 12.9. The Morgan fingerprint density at radius 1 is 1.03 bits per heavy atom. The summed E-state index contributed by atoms with van der Waals surface area (Å²) in [5.41, 5.74) is 3.37. The van der Waals surface area contributed by atoms with Gasteiger partial charge in [-0.25, -0.2) is 5.43 Å². The maximum atomic E-state index is 12.9. The number of carboxylic acid groups (broad SMARTS) is 1. The molecule has 0 radical (unpaired) electrons. The van der Waals surface area contributed by atoms with Gasteiger partial charge in [-0.1, -0.05) is 38.1 Å². The fourth-order valence-corrected chi connectivity index (χ4v) is 4.01. The largest absolute Gasteiger partial charge is 0.480 e. The highest BCUT2D eigenvalue weighted by Gasteiger charge is 2.37. The summed E-state index contributed by atoms with van der Waals surface area (Å²) in [7, 11) is 3.17. The number of carbonyl (C=O) groups is 4. The molecule has 2 atom stereocenters. The predicted octanol–water partition coefficient (Wildman–Crippen LogP) is 1.88. The number of nitrogens with zero attached hydrogens (tertiary/aromatic N) is 2. The SMILES string of the molecule is CNN(C)C(=O)[C@H](CC(C)C)N[C@H](CCN1C(=O)c2cc3ccccc3cc2C1=O)C(=O)O. The Morgan fingerprint density at radius 2 is 1.58 bits per heavy atom. The molecule has 0 bridgehead atoms. The van der Waals surface area contributed by atoms with Gasteiger partial charge >= 0.3 is 5.97 Å². The number of carboxylic acids is 1. The second-order valence-electron chi connectivity index (χ2n) is 8.66. The molecular weight excluding hydrogens is 424 g/mol. The lowest BCUT2D eigenvalue weighted by atomic mass is 10.0. The van der Waals surface area contributed by atoms with Crippen molar-refractivity contribution in [3.8, 4) is 0 Å². The van der Waals surface area contributed by atoms with Crippen molar-refractivity contribution in [2.75, 3.05) is 20.6 Å². The normalized spacial score (nSPS) is 15.1. The summed E-state index contributed by atoms with van der Waals surface area (Å²) in [6, 6.07) is 9.02. The molecule has 0 spiro atoms. The topological polar surface area (TPSA) is 119 Å². The van der Waals surface area contributed by atoms with Gasteiger partial charge in [-0.2, -0.15) is 0 Å². The molecule has 9 heteroatoms. The van der Waals surface area contributed by atoms with Gasteiger partial charge in [-0.15, -0.1) is 0 Å². The van der Waals surface area contributed by atoms with E-state index in [-0.39, 0.29) is 24.8 Å². The smallest absolute Gasteiger partial charge is 0.320 e. The first-order valence-electron chi connectivity index (χ1n) is 11.0. The van der Waals surface area contributed by atoms with Crippen molar-refractivity contribution in [2.45, 2.75) is 38.8 Å². The van der Waals surface area contributed by atoms with E-state index in [1.54, 1.807) is 26.2 Å². The molecule has 2 aromatic carbocycles. The van der Waals surface area contributed by atoms with E-state index in [2.05, 4.69) is 10.7 Å². The molecule has 0 saturated heterocycles. The van der Waals surface area contributed by atoms with Crippen LogP contribution in [0.4, 0.5) is 0 Å². The predicted molar refractivity (Wildman–Crippen MR) is 124 cm³/mol. The molecule has 3 rings (SSSR count).